The number of aliphatic imine (C=N–C) groups is 2. The third-order valence-electron chi connectivity index (χ3n) is 5.66. The van der Waals surface area contributed by atoms with E-state index in [9.17, 15) is 4.79 Å². The predicted molar refractivity (Wildman–Crippen MR) is 105 cm³/mol. The van der Waals surface area contributed by atoms with Crippen LogP contribution in [0.4, 0.5) is 0 Å². The lowest BCUT2D eigenvalue weighted by Gasteiger charge is -2.32. The van der Waals surface area contributed by atoms with Gasteiger partial charge in [0, 0.05) is 19.1 Å². The number of amidine groups is 1. The number of hydrogen-bond donors (Lipinski definition) is 4. The molecule has 0 unspecified atom stereocenters. The fraction of sp³-hybridized carbons (Fsp3) is 0.737. The van der Waals surface area contributed by atoms with Crippen molar-refractivity contribution < 1.29 is 9.90 Å². The number of hydrogen-bond acceptors (Lipinski definition) is 5. The summed E-state index contributed by atoms with van der Waals surface area (Å²) in [7, 11) is 0. The zero-order valence-corrected chi connectivity index (χ0v) is 15.8. The molecule has 26 heavy (non-hydrogen) atoms. The van der Waals surface area contributed by atoms with E-state index >= 15 is 0 Å². The number of rotatable bonds is 8. The second-order valence-corrected chi connectivity index (χ2v) is 7.51. The Bertz CT molecular complexity index is 540. The Hall–Kier alpha value is -1.89. The highest BCUT2D eigenvalue weighted by Gasteiger charge is 2.24. The smallest absolute Gasteiger partial charge is 0.373 e. The maximum atomic E-state index is 11.1. The number of aliphatic carboxylic acids is 1. The van der Waals surface area contributed by atoms with Gasteiger partial charge in [0.2, 0.25) is 5.84 Å². The van der Waals surface area contributed by atoms with Crippen molar-refractivity contribution in [2.75, 3.05) is 13.1 Å². The summed E-state index contributed by atoms with van der Waals surface area (Å²) in [6.45, 7) is 6.83. The first kappa shape index (κ1) is 20.4. The van der Waals surface area contributed by atoms with Crippen LogP contribution in [0.5, 0.6) is 0 Å². The van der Waals surface area contributed by atoms with Crippen molar-refractivity contribution in [1.29, 1.82) is 0 Å². The fourth-order valence-corrected chi connectivity index (χ4v) is 3.60. The van der Waals surface area contributed by atoms with Crippen molar-refractivity contribution in [3.8, 4) is 0 Å². The average Bonchev–Trinajstić information content (AvgIpc) is 2.58. The Morgan fingerprint density at radius 2 is 1.92 bits per heavy atom. The van der Waals surface area contributed by atoms with Gasteiger partial charge in [0.1, 0.15) is 5.82 Å². The third-order valence-corrected chi connectivity index (χ3v) is 5.66. The lowest BCUT2D eigenvalue weighted by molar-refractivity contribution is -0.129. The van der Waals surface area contributed by atoms with E-state index in [1.165, 1.54) is 51.4 Å². The molecule has 7 nitrogen and oxygen atoms in total. The lowest BCUT2D eigenvalue weighted by Crippen LogP contribution is -2.41. The van der Waals surface area contributed by atoms with Gasteiger partial charge in [0.25, 0.3) is 0 Å². The highest BCUT2D eigenvalue weighted by Crippen LogP contribution is 2.29. The van der Waals surface area contributed by atoms with Crippen LogP contribution in [0.3, 0.4) is 0 Å². The van der Waals surface area contributed by atoms with Gasteiger partial charge in [-0.1, -0.05) is 25.7 Å². The first-order valence-electron chi connectivity index (χ1n) is 9.75. The summed E-state index contributed by atoms with van der Waals surface area (Å²) < 4.78 is 0. The van der Waals surface area contributed by atoms with Crippen LogP contribution in [0, 0.1) is 11.8 Å². The zero-order valence-electron chi connectivity index (χ0n) is 15.8. The van der Waals surface area contributed by atoms with Gasteiger partial charge < -0.3 is 21.5 Å². The summed E-state index contributed by atoms with van der Waals surface area (Å²) in [4.78, 5) is 18.5. The first-order valence-corrected chi connectivity index (χ1v) is 9.75. The molecular formula is C19H33N5O2. The zero-order chi connectivity index (χ0) is 18.9. The maximum Gasteiger partial charge on any atom is 0.373 e. The van der Waals surface area contributed by atoms with E-state index in [1.807, 2.05) is 0 Å². The number of carboxylic acid groups (broad SMARTS) is 1. The Morgan fingerprint density at radius 3 is 2.46 bits per heavy atom. The van der Waals surface area contributed by atoms with Crippen LogP contribution >= 0.6 is 0 Å². The monoisotopic (exact) mass is 363 g/mol. The molecule has 2 rings (SSSR count). The van der Waals surface area contributed by atoms with E-state index in [2.05, 4.69) is 34.3 Å². The van der Waals surface area contributed by atoms with Gasteiger partial charge in [-0.25, -0.2) is 14.8 Å². The molecule has 2 aliphatic carbocycles. The van der Waals surface area contributed by atoms with E-state index < -0.39 is 5.97 Å². The molecule has 0 radical (unpaired) electrons. The largest absolute Gasteiger partial charge is 0.475 e. The van der Waals surface area contributed by atoms with Gasteiger partial charge >= 0.3 is 5.97 Å². The van der Waals surface area contributed by atoms with E-state index in [1.54, 1.807) is 0 Å². The van der Waals surface area contributed by atoms with Crippen LogP contribution in [-0.4, -0.2) is 42.8 Å². The molecule has 0 bridgehead atoms. The predicted octanol–water partition coefficient (Wildman–Crippen LogP) is 2.25. The fourth-order valence-electron chi connectivity index (χ4n) is 3.60. The Kier molecular flexibility index (Phi) is 8.09. The van der Waals surface area contributed by atoms with Crippen LogP contribution in [0.15, 0.2) is 21.5 Å². The van der Waals surface area contributed by atoms with Crippen LogP contribution in [0.1, 0.15) is 58.3 Å². The Morgan fingerprint density at radius 1 is 1.23 bits per heavy atom. The van der Waals surface area contributed by atoms with Crippen LogP contribution in [0.2, 0.25) is 0 Å². The summed E-state index contributed by atoms with van der Waals surface area (Å²) in [6, 6.07) is 0.406. The number of carboxylic acids is 1. The van der Waals surface area contributed by atoms with E-state index in [0.29, 0.717) is 24.4 Å². The maximum absolute atomic E-state index is 11.1. The molecule has 0 aromatic heterocycles. The van der Waals surface area contributed by atoms with Gasteiger partial charge in [-0.2, -0.15) is 0 Å². The van der Waals surface area contributed by atoms with Gasteiger partial charge in [0.15, 0.2) is 0 Å². The Balaban J connectivity index is 2.03. The molecule has 146 valence electrons. The molecule has 7 heteroatoms. The average molecular weight is 364 g/mol. The molecule has 1 atom stereocenters. The van der Waals surface area contributed by atoms with Gasteiger partial charge in [0.05, 0.1) is 5.70 Å². The molecular weight excluding hydrogens is 330 g/mol. The summed E-state index contributed by atoms with van der Waals surface area (Å²) >= 11 is 0. The molecule has 0 aromatic rings. The van der Waals surface area contributed by atoms with Crippen molar-refractivity contribution in [3.63, 3.8) is 0 Å². The standard InChI is InChI=1S/C19H33N5O2/c1-13(15-9-6-10-15)22-12-16(17(20)24-18(21-2)19(25)26)23-11-14-7-4-3-5-8-14/h13-15,22-23H,2-12,20H2,1H3,(H,25,26)/b17-16+,24-18?/t13-/m1/s1. The van der Waals surface area contributed by atoms with Crippen molar-refractivity contribution in [2.45, 2.75) is 64.3 Å². The van der Waals surface area contributed by atoms with E-state index in [4.69, 9.17) is 10.8 Å². The second-order valence-electron chi connectivity index (χ2n) is 7.51. The molecule has 0 spiro atoms. The summed E-state index contributed by atoms with van der Waals surface area (Å²) in [5, 5.41) is 16.0. The highest BCUT2D eigenvalue weighted by atomic mass is 16.4. The number of nitrogens with one attached hydrogen (secondary N) is 2. The highest BCUT2D eigenvalue weighted by molar-refractivity contribution is 6.35. The number of nitrogens with zero attached hydrogens (tertiary/aromatic N) is 2. The molecule has 0 heterocycles. The van der Waals surface area contributed by atoms with Gasteiger partial charge in [-0.3, -0.25) is 0 Å². The molecule has 0 amide bonds. The minimum absolute atomic E-state index is 0.166. The SMILES string of the molecule is C=NC(=N/C(N)=C(\CN[C@H](C)C1CCC1)NCC1CCCCC1)C(=O)O. The summed E-state index contributed by atoms with van der Waals surface area (Å²) in [5.74, 6) is -0.101. The topological polar surface area (TPSA) is 112 Å². The quantitative estimate of drug-likeness (QED) is 0.390. The molecule has 2 aliphatic rings. The number of carbonyl (C=O) groups is 1. The minimum Gasteiger partial charge on any atom is -0.475 e. The first-order chi connectivity index (χ1) is 12.5. The molecule has 5 N–H and O–H groups in total. The van der Waals surface area contributed by atoms with Crippen LogP contribution in [-0.2, 0) is 4.79 Å². The normalized spacial score (nSPS) is 21.5. The van der Waals surface area contributed by atoms with Gasteiger partial charge in [-0.05, 0) is 51.2 Å². The molecule has 2 fully saturated rings. The number of nitrogens with two attached hydrogens (primary N) is 1. The summed E-state index contributed by atoms with van der Waals surface area (Å²) in [5.41, 5.74) is 6.84. The Labute approximate surface area is 156 Å². The molecule has 0 aliphatic heterocycles. The molecule has 0 aromatic carbocycles. The van der Waals surface area contributed by atoms with Crippen molar-refractivity contribution in [3.05, 3.63) is 11.5 Å². The molecule has 2 saturated carbocycles. The van der Waals surface area contributed by atoms with Crippen molar-refractivity contribution >= 4 is 18.5 Å². The second kappa shape index (κ2) is 10.3. The van der Waals surface area contributed by atoms with E-state index in [0.717, 1.165) is 12.2 Å². The van der Waals surface area contributed by atoms with Crippen molar-refractivity contribution in [1.82, 2.24) is 10.6 Å². The van der Waals surface area contributed by atoms with E-state index in [-0.39, 0.29) is 11.7 Å². The minimum atomic E-state index is -1.23. The molecule has 0 saturated heterocycles. The lowest BCUT2D eigenvalue weighted by atomic mass is 9.80. The van der Waals surface area contributed by atoms with Crippen molar-refractivity contribution in [2.24, 2.45) is 27.6 Å². The third kappa shape index (κ3) is 6.12. The van der Waals surface area contributed by atoms with Crippen LogP contribution in [0.25, 0.3) is 0 Å². The van der Waals surface area contributed by atoms with Crippen LogP contribution < -0.4 is 16.4 Å². The summed E-state index contributed by atoms with van der Waals surface area (Å²) in [6.07, 6.45) is 10.2. The van der Waals surface area contributed by atoms with Gasteiger partial charge in [-0.15, -0.1) is 0 Å².